The summed E-state index contributed by atoms with van der Waals surface area (Å²) in [5, 5.41) is 0. The first-order chi connectivity index (χ1) is 25.0. The van der Waals surface area contributed by atoms with Crippen molar-refractivity contribution in [2.24, 2.45) is 11.3 Å². The molecule has 1 heterocycles. The summed E-state index contributed by atoms with van der Waals surface area (Å²) in [5.74, 6) is 0.340. The predicted octanol–water partition coefficient (Wildman–Crippen LogP) is 12.7. The molecule has 1 spiro atoms. The zero-order valence-electron chi connectivity index (χ0n) is 36.7. The molecule has 0 amide bonds. The van der Waals surface area contributed by atoms with Gasteiger partial charge in [0.2, 0.25) is 0 Å². The van der Waals surface area contributed by atoms with Crippen LogP contribution >= 0.6 is 0 Å². The monoisotopic (exact) mass is 791 g/mol. The van der Waals surface area contributed by atoms with Crippen LogP contribution in [0.5, 0.6) is 0 Å². The van der Waals surface area contributed by atoms with E-state index in [1.165, 1.54) is 41.8 Å². The highest BCUT2D eigenvalue weighted by Gasteiger charge is 2.61. The molecule has 0 aromatic rings. The van der Waals surface area contributed by atoms with Crippen molar-refractivity contribution in [1.29, 1.82) is 0 Å². The van der Waals surface area contributed by atoms with Crippen molar-refractivity contribution in [2.45, 2.75) is 238 Å². The van der Waals surface area contributed by atoms with Gasteiger partial charge in [0.25, 0.3) is 0 Å². The third-order valence-electron chi connectivity index (χ3n) is 15.3. The number of ether oxygens (including phenoxy) is 2. The van der Waals surface area contributed by atoms with Gasteiger partial charge in [-0.1, -0.05) is 87.0 Å². The Morgan fingerprint density at radius 1 is 0.868 bits per heavy atom. The third-order valence-corrected chi connectivity index (χ3v) is 29.5. The maximum Gasteiger partial charge on any atom is 0.306 e. The molecule has 306 valence electrons. The van der Waals surface area contributed by atoms with Gasteiger partial charge < -0.3 is 22.8 Å². The van der Waals surface area contributed by atoms with Crippen molar-refractivity contribution in [2.75, 3.05) is 0 Å². The molecule has 3 aliphatic carbocycles. The molecule has 0 bridgehead atoms. The lowest BCUT2D eigenvalue weighted by Gasteiger charge is -2.43. The molecule has 1 unspecified atom stereocenters. The molecule has 4 aliphatic rings. The normalized spacial score (nSPS) is 30.7. The van der Waals surface area contributed by atoms with E-state index in [0.29, 0.717) is 18.8 Å². The molecule has 4 rings (SSSR count). The number of carbonyl (C=O) groups excluding carboxylic acids is 1. The average Bonchev–Trinajstić information content (AvgIpc) is 3.64. The van der Waals surface area contributed by atoms with E-state index in [4.69, 9.17) is 22.8 Å². The van der Waals surface area contributed by atoms with Crippen molar-refractivity contribution in [3.8, 4) is 0 Å². The van der Waals surface area contributed by atoms with Gasteiger partial charge in [-0.15, -0.1) is 0 Å². The number of epoxide rings is 1. The highest BCUT2D eigenvalue weighted by atomic mass is 28.4. The summed E-state index contributed by atoms with van der Waals surface area (Å²) in [6.45, 7) is 29.7. The van der Waals surface area contributed by atoms with Gasteiger partial charge in [0.05, 0.1) is 17.8 Å². The van der Waals surface area contributed by atoms with Crippen LogP contribution in [0.25, 0.3) is 0 Å². The fraction of sp³-hybridized carbons (Fsp3) is 0.886. The van der Waals surface area contributed by atoms with Gasteiger partial charge in [0, 0.05) is 19.3 Å². The van der Waals surface area contributed by atoms with Gasteiger partial charge in [-0.3, -0.25) is 4.79 Å². The smallest absolute Gasteiger partial charge is 0.306 e. The van der Waals surface area contributed by atoms with Gasteiger partial charge in [0.15, 0.2) is 25.0 Å². The Balaban J connectivity index is 1.45. The lowest BCUT2D eigenvalue weighted by atomic mass is 9.63. The Bertz CT molecular complexity index is 1210. The topological polar surface area (TPSA) is 66.5 Å². The standard InChI is InChI=1S/C44H82O6Si3/c1-14-51(15-2,16-3)48-36-31-37(49-52(17-4,18-5)19-6)33-44(32-36)40(47-44)30-35-24-23-28-43(13)38(25-26-39(35)43)34(10)46-41(45)27-29-42(11,12)50-53(20-7,21-8)22-9/h25,30,34,36-37,39-40H,14-24,26-29,31-33H2,1-13H3/t34-,36+,37+,39-,40?,43+/m0/s1. The van der Waals surface area contributed by atoms with Gasteiger partial charge >= 0.3 is 5.97 Å². The predicted molar refractivity (Wildman–Crippen MR) is 229 cm³/mol. The van der Waals surface area contributed by atoms with Gasteiger partial charge in [-0.2, -0.15) is 0 Å². The minimum Gasteiger partial charge on any atom is -0.458 e. The van der Waals surface area contributed by atoms with E-state index in [-0.39, 0.29) is 47.0 Å². The highest BCUT2D eigenvalue weighted by molar-refractivity contribution is 6.74. The Morgan fingerprint density at radius 3 is 1.87 bits per heavy atom. The van der Waals surface area contributed by atoms with Crippen LogP contribution in [0, 0.1) is 11.3 Å². The molecular formula is C44H82O6Si3. The number of fused-ring (bicyclic) bond motifs is 1. The van der Waals surface area contributed by atoms with Crippen molar-refractivity contribution in [3.63, 3.8) is 0 Å². The Kier molecular flexibility index (Phi) is 15.6. The summed E-state index contributed by atoms with van der Waals surface area (Å²) in [6.07, 6.45) is 13.9. The van der Waals surface area contributed by atoms with E-state index in [1.54, 1.807) is 5.57 Å². The van der Waals surface area contributed by atoms with Crippen LogP contribution in [0.3, 0.4) is 0 Å². The molecule has 1 saturated heterocycles. The molecule has 0 aromatic carbocycles. The molecule has 1 aliphatic heterocycles. The molecule has 0 N–H and O–H groups in total. The van der Waals surface area contributed by atoms with Crippen LogP contribution in [0.4, 0.5) is 0 Å². The molecule has 53 heavy (non-hydrogen) atoms. The Morgan fingerprint density at radius 2 is 1.38 bits per heavy atom. The summed E-state index contributed by atoms with van der Waals surface area (Å²) < 4.78 is 34.3. The molecule has 3 fully saturated rings. The number of hydrogen-bond donors (Lipinski definition) is 0. The molecule has 2 saturated carbocycles. The Hall–Kier alpha value is -0.559. The van der Waals surface area contributed by atoms with Crippen molar-refractivity contribution < 1.29 is 27.5 Å². The number of esters is 1. The second kappa shape index (κ2) is 18.4. The Labute approximate surface area is 329 Å². The van der Waals surface area contributed by atoms with Gasteiger partial charge in [-0.05, 0) is 131 Å². The van der Waals surface area contributed by atoms with E-state index >= 15 is 0 Å². The maximum atomic E-state index is 13.3. The van der Waals surface area contributed by atoms with E-state index in [9.17, 15) is 4.79 Å². The average molecular weight is 791 g/mol. The molecule has 9 heteroatoms. The zero-order valence-corrected chi connectivity index (χ0v) is 39.7. The van der Waals surface area contributed by atoms with E-state index in [0.717, 1.165) is 63.1 Å². The fourth-order valence-corrected chi connectivity index (χ4v) is 19.9. The second-order valence-electron chi connectivity index (χ2n) is 18.4. The van der Waals surface area contributed by atoms with Crippen LogP contribution in [0.2, 0.25) is 54.4 Å². The summed E-state index contributed by atoms with van der Waals surface area (Å²) in [7, 11) is -5.29. The van der Waals surface area contributed by atoms with E-state index in [1.807, 2.05) is 0 Å². The van der Waals surface area contributed by atoms with Crippen molar-refractivity contribution >= 4 is 30.9 Å². The first-order valence-corrected chi connectivity index (χ1v) is 30.0. The molecule has 0 radical (unpaired) electrons. The zero-order chi connectivity index (χ0) is 39.3. The van der Waals surface area contributed by atoms with Crippen LogP contribution in [0.15, 0.2) is 23.3 Å². The third kappa shape index (κ3) is 10.1. The van der Waals surface area contributed by atoms with Crippen LogP contribution in [-0.2, 0) is 27.5 Å². The highest BCUT2D eigenvalue weighted by Crippen LogP contribution is 2.58. The van der Waals surface area contributed by atoms with Gasteiger partial charge in [0.1, 0.15) is 17.8 Å². The number of allylic oxidation sites excluding steroid dienone is 2. The quantitative estimate of drug-likeness (QED) is 0.0499. The largest absolute Gasteiger partial charge is 0.458 e. The second-order valence-corrected chi connectivity index (χ2v) is 32.5. The molecular weight excluding hydrogens is 709 g/mol. The summed E-state index contributed by atoms with van der Waals surface area (Å²) in [5.41, 5.74) is 2.40. The summed E-state index contributed by atoms with van der Waals surface area (Å²) in [4.78, 5) is 13.3. The SMILES string of the molecule is CC[Si](CC)(CC)O[C@@H]1C[C@@H](O[Si](CC)(CC)CC)CC2(C1)OC2C=C1CCC[C@]2(C)C([C@H](C)OC(=O)CCC(C)(C)O[Si](CC)(CC)CC)=CC[C@@H]12. The number of rotatable bonds is 21. The molecule has 6 nitrogen and oxygen atoms in total. The number of carbonyl (C=O) groups is 1. The maximum absolute atomic E-state index is 13.3. The first-order valence-electron chi connectivity index (χ1n) is 22.4. The lowest BCUT2D eigenvalue weighted by molar-refractivity contribution is -0.148. The van der Waals surface area contributed by atoms with E-state index in [2.05, 4.69) is 102 Å². The lowest BCUT2D eigenvalue weighted by Crippen LogP contribution is -2.49. The first kappa shape index (κ1) is 45.1. The van der Waals surface area contributed by atoms with Crippen LogP contribution in [0.1, 0.15) is 148 Å². The van der Waals surface area contributed by atoms with Gasteiger partial charge in [-0.25, -0.2) is 0 Å². The number of hydrogen-bond acceptors (Lipinski definition) is 6. The summed E-state index contributed by atoms with van der Waals surface area (Å²) in [6, 6.07) is 10.4. The minimum absolute atomic E-state index is 0.00974. The van der Waals surface area contributed by atoms with Crippen LogP contribution < -0.4 is 0 Å². The molecule has 6 atom stereocenters. The van der Waals surface area contributed by atoms with Crippen molar-refractivity contribution in [1.82, 2.24) is 0 Å². The van der Waals surface area contributed by atoms with Crippen molar-refractivity contribution in [3.05, 3.63) is 23.3 Å². The summed E-state index contributed by atoms with van der Waals surface area (Å²) >= 11 is 0. The van der Waals surface area contributed by atoms with Crippen LogP contribution in [-0.4, -0.2) is 66.5 Å². The van der Waals surface area contributed by atoms with E-state index < -0.39 is 25.0 Å². The fourth-order valence-electron chi connectivity index (χ4n) is 10.9. The minimum atomic E-state index is -1.77. The molecule has 0 aromatic heterocycles.